The third-order valence-electron chi connectivity index (χ3n) is 3.90. The molecule has 1 aromatic carbocycles. The van der Waals surface area contributed by atoms with Crippen LogP contribution in [0.25, 0.3) is 0 Å². The number of halogens is 2. The van der Waals surface area contributed by atoms with Crippen LogP contribution in [0.5, 0.6) is 0 Å². The van der Waals surface area contributed by atoms with Crippen LogP contribution in [-0.4, -0.2) is 36.5 Å². The summed E-state index contributed by atoms with van der Waals surface area (Å²) in [4.78, 5) is 13.0. The van der Waals surface area contributed by atoms with E-state index in [0.29, 0.717) is 12.6 Å². The third kappa shape index (κ3) is 4.66. The summed E-state index contributed by atoms with van der Waals surface area (Å²) in [6, 6.07) is 5.32. The fraction of sp³-hybridized carbons (Fsp3) is 0.533. The number of amides is 1. The lowest BCUT2D eigenvalue weighted by atomic mass is 10.0. The molecular weight excluding hydrogens is 293 g/mol. The summed E-state index contributed by atoms with van der Waals surface area (Å²) in [5, 5.41) is 3.65. The number of carbonyl (C=O) groups excluding carboxylic acids is 1. The summed E-state index contributed by atoms with van der Waals surface area (Å²) in [6.07, 6.45) is 1.90. The molecule has 1 heterocycles. The molecule has 1 saturated heterocycles. The summed E-state index contributed by atoms with van der Waals surface area (Å²) in [5.41, 5.74) is 6.08. The summed E-state index contributed by atoms with van der Waals surface area (Å²) in [7, 11) is 0. The number of likely N-dealkylation sites (tertiary alicyclic amines) is 1. The van der Waals surface area contributed by atoms with Gasteiger partial charge in [0.05, 0.1) is 11.6 Å². The van der Waals surface area contributed by atoms with Crippen LogP contribution in [0.1, 0.15) is 31.4 Å². The molecule has 116 valence electrons. The molecule has 1 aliphatic rings. The Morgan fingerprint density at radius 3 is 2.76 bits per heavy atom. The molecule has 0 aromatic heterocycles. The summed E-state index contributed by atoms with van der Waals surface area (Å²) >= 11 is 5.70. The Morgan fingerprint density at radius 2 is 2.19 bits per heavy atom. The first-order valence-electron chi connectivity index (χ1n) is 7.17. The van der Waals surface area contributed by atoms with Gasteiger partial charge < -0.3 is 11.1 Å². The summed E-state index contributed by atoms with van der Waals surface area (Å²) in [5.74, 6) is -0.675. The first kappa shape index (κ1) is 16.2. The van der Waals surface area contributed by atoms with Crippen molar-refractivity contribution < 1.29 is 9.18 Å². The average Bonchev–Trinajstić information content (AvgIpc) is 2.43. The Hall–Kier alpha value is -1.17. The zero-order chi connectivity index (χ0) is 15.4. The molecule has 6 heteroatoms. The van der Waals surface area contributed by atoms with Crippen molar-refractivity contribution in [2.75, 3.05) is 19.6 Å². The van der Waals surface area contributed by atoms with E-state index in [9.17, 15) is 9.18 Å². The normalized spacial score (nSPS) is 18.6. The number of nitrogens with two attached hydrogens (primary N) is 1. The monoisotopic (exact) mass is 313 g/mol. The molecule has 0 spiro atoms. The maximum Gasteiger partial charge on any atom is 0.231 e. The number of piperidine rings is 1. The molecule has 1 atom stereocenters. The summed E-state index contributed by atoms with van der Waals surface area (Å²) < 4.78 is 13.5. The first-order chi connectivity index (χ1) is 9.95. The minimum atomic E-state index is -0.390. The van der Waals surface area contributed by atoms with Crippen molar-refractivity contribution in [1.29, 1.82) is 0 Å². The van der Waals surface area contributed by atoms with Crippen molar-refractivity contribution in [2.45, 2.75) is 31.8 Å². The lowest BCUT2D eigenvalue weighted by Gasteiger charge is -2.33. The number of nitrogens with one attached hydrogen (secondary N) is 1. The second-order valence-electron chi connectivity index (χ2n) is 5.58. The SMILES string of the molecule is CC(NC1CCN(CC(N)=O)CC1)c1ccc(Cl)c(F)c1. The molecule has 1 aromatic rings. The number of hydrogen-bond donors (Lipinski definition) is 2. The molecule has 3 N–H and O–H groups in total. The molecular formula is C15H21ClFN3O. The van der Waals surface area contributed by atoms with Crippen molar-refractivity contribution in [3.63, 3.8) is 0 Å². The number of carbonyl (C=O) groups is 1. The van der Waals surface area contributed by atoms with E-state index in [2.05, 4.69) is 10.2 Å². The van der Waals surface area contributed by atoms with Crippen LogP contribution >= 0.6 is 11.6 Å². The van der Waals surface area contributed by atoms with E-state index < -0.39 is 0 Å². The lowest BCUT2D eigenvalue weighted by molar-refractivity contribution is -0.119. The molecule has 21 heavy (non-hydrogen) atoms. The minimum Gasteiger partial charge on any atom is -0.369 e. The molecule has 1 aliphatic heterocycles. The molecule has 0 radical (unpaired) electrons. The number of nitrogens with zero attached hydrogens (tertiary/aromatic N) is 1. The molecule has 2 rings (SSSR count). The van der Waals surface area contributed by atoms with Gasteiger partial charge in [-0.05, 0) is 37.5 Å². The Bertz CT molecular complexity index is 504. The molecule has 4 nitrogen and oxygen atoms in total. The topological polar surface area (TPSA) is 58.4 Å². The average molecular weight is 314 g/mol. The maximum atomic E-state index is 13.5. The molecule has 0 aliphatic carbocycles. The van der Waals surface area contributed by atoms with Gasteiger partial charge in [-0.15, -0.1) is 0 Å². The molecule has 1 fully saturated rings. The van der Waals surface area contributed by atoms with Crippen molar-refractivity contribution in [3.05, 3.63) is 34.6 Å². The van der Waals surface area contributed by atoms with Crippen molar-refractivity contribution >= 4 is 17.5 Å². The Kier molecular flexibility index (Phi) is 5.56. The van der Waals surface area contributed by atoms with Gasteiger partial charge in [0, 0.05) is 25.2 Å². The van der Waals surface area contributed by atoms with Crippen LogP contribution in [0.3, 0.4) is 0 Å². The number of benzene rings is 1. The van der Waals surface area contributed by atoms with Crippen LogP contribution in [0.15, 0.2) is 18.2 Å². The zero-order valence-electron chi connectivity index (χ0n) is 12.1. The highest BCUT2D eigenvalue weighted by molar-refractivity contribution is 6.30. The van der Waals surface area contributed by atoms with Crippen molar-refractivity contribution in [1.82, 2.24) is 10.2 Å². The minimum absolute atomic E-state index is 0.0597. The van der Waals surface area contributed by atoms with Gasteiger partial charge in [-0.2, -0.15) is 0 Å². The number of hydrogen-bond acceptors (Lipinski definition) is 3. The van der Waals surface area contributed by atoms with Crippen LogP contribution < -0.4 is 11.1 Å². The van der Waals surface area contributed by atoms with Crippen molar-refractivity contribution in [2.24, 2.45) is 5.73 Å². The van der Waals surface area contributed by atoms with E-state index in [1.54, 1.807) is 6.07 Å². The standard InChI is InChI=1S/C15H21ClFN3O/c1-10(11-2-3-13(16)14(17)8-11)19-12-4-6-20(7-5-12)9-15(18)21/h2-3,8,10,12,19H,4-7,9H2,1H3,(H2,18,21). The highest BCUT2D eigenvalue weighted by Crippen LogP contribution is 2.22. The van der Waals surface area contributed by atoms with E-state index in [-0.39, 0.29) is 22.8 Å². The van der Waals surface area contributed by atoms with E-state index in [4.69, 9.17) is 17.3 Å². The van der Waals surface area contributed by atoms with E-state index in [1.807, 2.05) is 13.0 Å². The fourth-order valence-electron chi connectivity index (χ4n) is 2.71. The van der Waals surface area contributed by atoms with Gasteiger partial charge in [-0.25, -0.2) is 4.39 Å². The first-order valence-corrected chi connectivity index (χ1v) is 7.55. The van der Waals surface area contributed by atoms with Gasteiger partial charge >= 0.3 is 0 Å². The molecule has 0 saturated carbocycles. The fourth-order valence-corrected chi connectivity index (χ4v) is 2.83. The smallest absolute Gasteiger partial charge is 0.231 e. The molecule has 1 unspecified atom stereocenters. The second-order valence-corrected chi connectivity index (χ2v) is 5.99. The van der Waals surface area contributed by atoms with Gasteiger partial charge in [-0.1, -0.05) is 17.7 Å². The number of primary amides is 1. The zero-order valence-corrected chi connectivity index (χ0v) is 12.9. The Balaban J connectivity index is 1.85. The summed E-state index contributed by atoms with van der Waals surface area (Å²) in [6.45, 7) is 4.04. The largest absolute Gasteiger partial charge is 0.369 e. The van der Waals surface area contributed by atoms with E-state index >= 15 is 0 Å². The van der Waals surface area contributed by atoms with Gasteiger partial charge in [0.15, 0.2) is 0 Å². The van der Waals surface area contributed by atoms with Crippen LogP contribution in [0.2, 0.25) is 5.02 Å². The predicted molar refractivity (Wildman–Crippen MR) is 81.6 cm³/mol. The van der Waals surface area contributed by atoms with E-state index in [0.717, 1.165) is 31.5 Å². The quantitative estimate of drug-likeness (QED) is 0.875. The molecule has 0 bridgehead atoms. The van der Waals surface area contributed by atoms with Crippen LogP contribution in [0, 0.1) is 5.82 Å². The van der Waals surface area contributed by atoms with Gasteiger partial charge in [-0.3, -0.25) is 9.69 Å². The third-order valence-corrected chi connectivity index (χ3v) is 4.20. The Labute approximate surface area is 129 Å². The van der Waals surface area contributed by atoms with Gasteiger partial charge in [0.25, 0.3) is 0 Å². The number of rotatable bonds is 5. The second kappa shape index (κ2) is 7.20. The lowest BCUT2D eigenvalue weighted by Crippen LogP contribution is -2.45. The highest BCUT2D eigenvalue weighted by atomic mass is 35.5. The highest BCUT2D eigenvalue weighted by Gasteiger charge is 2.21. The van der Waals surface area contributed by atoms with Crippen molar-refractivity contribution in [3.8, 4) is 0 Å². The van der Waals surface area contributed by atoms with Gasteiger partial charge in [0.1, 0.15) is 5.82 Å². The maximum absolute atomic E-state index is 13.5. The Morgan fingerprint density at radius 1 is 1.52 bits per heavy atom. The van der Waals surface area contributed by atoms with Crippen LogP contribution in [-0.2, 0) is 4.79 Å². The van der Waals surface area contributed by atoms with Gasteiger partial charge in [0.2, 0.25) is 5.91 Å². The predicted octanol–water partition coefficient (Wildman–Crippen LogP) is 2.08. The van der Waals surface area contributed by atoms with Crippen LogP contribution in [0.4, 0.5) is 4.39 Å². The van der Waals surface area contributed by atoms with E-state index in [1.165, 1.54) is 6.07 Å². The molecule has 1 amide bonds.